The second-order valence-electron chi connectivity index (χ2n) is 4.27. The van der Waals surface area contributed by atoms with Crippen molar-refractivity contribution in [3.8, 4) is 0 Å². The van der Waals surface area contributed by atoms with Crippen molar-refractivity contribution in [3.05, 3.63) is 29.8 Å². The summed E-state index contributed by atoms with van der Waals surface area (Å²) in [5.41, 5.74) is -1.11. The first-order valence-corrected chi connectivity index (χ1v) is 5.29. The van der Waals surface area contributed by atoms with Crippen LogP contribution in [-0.2, 0) is 14.9 Å². The zero-order chi connectivity index (χ0) is 12.7. The fourth-order valence-corrected chi connectivity index (χ4v) is 1.97. The fourth-order valence-electron chi connectivity index (χ4n) is 1.97. The third-order valence-electron chi connectivity index (χ3n) is 3.14. The van der Waals surface area contributed by atoms with Gasteiger partial charge in [0.2, 0.25) is 0 Å². The van der Waals surface area contributed by atoms with Crippen LogP contribution in [-0.4, -0.2) is 20.1 Å². The maximum absolute atomic E-state index is 12.6. The van der Waals surface area contributed by atoms with Gasteiger partial charge in [-0.2, -0.15) is 0 Å². The van der Waals surface area contributed by atoms with E-state index < -0.39 is 23.8 Å². The number of carbonyl (C=O) groups is 1. The molecule has 2 nitrogen and oxygen atoms in total. The summed E-state index contributed by atoms with van der Waals surface area (Å²) in [4.78, 5) is 11.6. The minimum atomic E-state index is -5.03. The molecule has 0 saturated heterocycles. The van der Waals surface area contributed by atoms with Gasteiger partial charge in [-0.3, -0.25) is 4.79 Å². The quantitative estimate of drug-likeness (QED) is 0.599. The summed E-state index contributed by atoms with van der Waals surface area (Å²) in [5, 5.41) is 0. The van der Waals surface area contributed by atoms with Gasteiger partial charge in [0.25, 0.3) is 0 Å². The van der Waals surface area contributed by atoms with E-state index in [0.717, 1.165) is 12.1 Å². The molecule has 0 radical (unpaired) electrons. The maximum Gasteiger partial charge on any atom is 0.509 e. The normalized spacial score (nSPS) is 17.6. The maximum atomic E-state index is 12.6. The molecule has 1 saturated carbocycles. The third kappa shape index (κ3) is 2.03. The fraction of sp³-hybridized carbons (Fsp3) is 0.364. The third-order valence-corrected chi connectivity index (χ3v) is 3.14. The van der Waals surface area contributed by atoms with Crippen molar-refractivity contribution in [2.24, 2.45) is 0 Å². The van der Waals surface area contributed by atoms with Crippen LogP contribution >= 0.6 is 0 Å². The predicted octanol–water partition coefficient (Wildman–Crippen LogP) is 1.95. The van der Waals surface area contributed by atoms with Crippen LogP contribution in [0.4, 0.5) is 12.9 Å². The van der Waals surface area contributed by atoms with Gasteiger partial charge in [0.05, 0.1) is 12.5 Å². The number of ether oxygens (including phenoxy) is 1. The van der Waals surface area contributed by atoms with Crippen molar-refractivity contribution in [2.75, 3.05) is 7.11 Å². The first kappa shape index (κ1) is 12.0. The summed E-state index contributed by atoms with van der Waals surface area (Å²) in [7, 11) is 1.25. The summed E-state index contributed by atoms with van der Waals surface area (Å²) in [6.07, 6.45) is 1.10. The smallest absolute Gasteiger partial charge is 0.468 e. The van der Waals surface area contributed by atoms with E-state index in [1.807, 2.05) is 0 Å². The van der Waals surface area contributed by atoms with Gasteiger partial charge in [0.15, 0.2) is 0 Å². The lowest BCUT2D eigenvalue weighted by molar-refractivity contribution is -0.143. The lowest BCUT2D eigenvalue weighted by Gasteiger charge is -2.19. The van der Waals surface area contributed by atoms with Crippen molar-refractivity contribution in [2.45, 2.75) is 18.3 Å². The van der Waals surface area contributed by atoms with Crippen LogP contribution in [0.5, 0.6) is 0 Å². The minimum absolute atomic E-state index is 0.404. The van der Waals surface area contributed by atoms with Gasteiger partial charge in [-0.05, 0) is 18.4 Å². The number of halogens is 3. The second kappa shape index (κ2) is 3.79. The standard InChI is InChI=1S/C11H11BF3O2/c1-17-10(16)11(5-6-11)8-3-2-4-9(7-8)12(13,14)15/h2-4,7H,5-6H2,1H3/q-1. The van der Waals surface area contributed by atoms with Crippen LogP contribution in [0.2, 0.25) is 0 Å². The van der Waals surface area contributed by atoms with Crippen LogP contribution in [0.3, 0.4) is 0 Å². The Bertz CT molecular complexity index is 452. The van der Waals surface area contributed by atoms with E-state index in [4.69, 9.17) is 0 Å². The lowest BCUT2D eigenvalue weighted by Crippen LogP contribution is -2.35. The van der Waals surface area contributed by atoms with Crippen LogP contribution in [0.25, 0.3) is 0 Å². The Balaban J connectivity index is 2.38. The zero-order valence-electron chi connectivity index (χ0n) is 9.25. The van der Waals surface area contributed by atoms with Crippen molar-refractivity contribution in [1.82, 2.24) is 0 Å². The van der Waals surface area contributed by atoms with Crippen LogP contribution in [0.1, 0.15) is 18.4 Å². The van der Waals surface area contributed by atoms with E-state index in [9.17, 15) is 17.7 Å². The molecule has 0 atom stereocenters. The summed E-state index contributed by atoms with van der Waals surface area (Å²) in [5.74, 6) is -0.454. The molecule has 92 valence electrons. The highest BCUT2D eigenvalue weighted by Crippen LogP contribution is 2.48. The van der Waals surface area contributed by atoms with Gasteiger partial charge >= 0.3 is 12.9 Å². The van der Waals surface area contributed by atoms with Crippen LogP contribution in [0, 0.1) is 0 Å². The molecule has 2 rings (SSSR count). The number of hydrogen-bond donors (Lipinski definition) is 0. The Morgan fingerprint density at radius 2 is 2.00 bits per heavy atom. The van der Waals surface area contributed by atoms with Crippen molar-refractivity contribution >= 4 is 18.4 Å². The number of benzene rings is 1. The Kier molecular flexibility index (Phi) is 2.68. The molecule has 0 aliphatic heterocycles. The molecule has 0 heterocycles. The van der Waals surface area contributed by atoms with Gasteiger partial charge in [-0.1, -0.05) is 24.3 Å². The van der Waals surface area contributed by atoms with E-state index >= 15 is 0 Å². The molecular weight excluding hydrogens is 232 g/mol. The van der Waals surface area contributed by atoms with Gasteiger partial charge in [0, 0.05) is 0 Å². The Morgan fingerprint density at radius 1 is 1.35 bits per heavy atom. The SMILES string of the molecule is COC(=O)C1(c2cccc([B-](F)(F)F)c2)CC1. The predicted molar refractivity (Wildman–Crippen MR) is 58.1 cm³/mol. The number of esters is 1. The van der Waals surface area contributed by atoms with Gasteiger partial charge in [-0.15, -0.1) is 5.46 Å². The molecule has 0 N–H and O–H groups in total. The molecule has 0 aromatic heterocycles. The molecule has 0 bridgehead atoms. The Morgan fingerprint density at radius 3 is 2.47 bits per heavy atom. The van der Waals surface area contributed by atoms with Crippen molar-refractivity contribution < 1.29 is 22.5 Å². The largest absolute Gasteiger partial charge is 0.509 e. The minimum Gasteiger partial charge on any atom is -0.468 e. The van der Waals surface area contributed by atoms with Gasteiger partial charge in [0.1, 0.15) is 0 Å². The molecular formula is C11H11BF3O2-. The molecule has 0 amide bonds. The van der Waals surface area contributed by atoms with E-state index in [1.54, 1.807) is 6.07 Å². The molecule has 0 spiro atoms. The Labute approximate surface area is 96.8 Å². The molecule has 1 aromatic rings. The second-order valence-corrected chi connectivity index (χ2v) is 4.27. The first-order valence-electron chi connectivity index (χ1n) is 5.29. The molecule has 0 unspecified atom stereocenters. The van der Waals surface area contributed by atoms with E-state index in [-0.39, 0.29) is 0 Å². The van der Waals surface area contributed by atoms with Crippen LogP contribution < -0.4 is 5.46 Å². The molecule has 6 heteroatoms. The number of hydrogen-bond acceptors (Lipinski definition) is 2. The van der Waals surface area contributed by atoms with E-state index in [0.29, 0.717) is 18.4 Å². The zero-order valence-corrected chi connectivity index (χ0v) is 9.25. The number of rotatable bonds is 3. The molecule has 1 aliphatic rings. The monoisotopic (exact) mass is 243 g/mol. The highest BCUT2D eigenvalue weighted by molar-refractivity contribution is 6.73. The Hall–Kier alpha value is -1.46. The summed E-state index contributed by atoms with van der Waals surface area (Å²) < 4.78 is 42.5. The number of carbonyl (C=O) groups excluding carboxylic acids is 1. The number of methoxy groups -OCH3 is 1. The van der Waals surface area contributed by atoms with Crippen molar-refractivity contribution in [1.29, 1.82) is 0 Å². The van der Waals surface area contributed by atoms with Gasteiger partial charge < -0.3 is 17.7 Å². The first-order chi connectivity index (χ1) is 7.90. The molecule has 1 aromatic carbocycles. The lowest BCUT2D eigenvalue weighted by atomic mass is 9.78. The average Bonchev–Trinajstić information content (AvgIpc) is 3.08. The van der Waals surface area contributed by atoms with Crippen molar-refractivity contribution in [3.63, 3.8) is 0 Å². The highest BCUT2D eigenvalue weighted by atomic mass is 19.4. The molecule has 1 fully saturated rings. The van der Waals surface area contributed by atoms with E-state index in [1.165, 1.54) is 13.2 Å². The summed E-state index contributed by atoms with van der Waals surface area (Å²) in [6, 6.07) is 4.97. The summed E-state index contributed by atoms with van der Waals surface area (Å²) in [6.45, 7) is -5.03. The van der Waals surface area contributed by atoms with Gasteiger partial charge in [-0.25, -0.2) is 0 Å². The average molecular weight is 243 g/mol. The van der Waals surface area contributed by atoms with E-state index in [2.05, 4.69) is 4.74 Å². The topological polar surface area (TPSA) is 26.3 Å². The summed E-state index contributed by atoms with van der Waals surface area (Å²) >= 11 is 0. The van der Waals surface area contributed by atoms with Crippen LogP contribution in [0.15, 0.2) is 24.3 Å². The molecule has 1 aliphatic carbocycles. The molecule has 17 heavy (non-hydrogen) atoms. The highest BCUT2D eigenvalue weighted by Gasteiger charge is 2.52.